The third-order valence-electron chi connectivity index (χ3n) is 2.84. The normalized spacial score (nSPS) is 21.2. The Kier molecular flexibility index (Phi) is 3.91. The number of amides is 1. The number of likely N-dealkylation sites (tertiary alicyclic amines) is 1. The van der Waals surface area contributed by atoms with Gasteiger partial charge in [-0.25, -0.2) is 0 Å². The lowest BCUT2D eigenvalue weighted by atomic mass is 9.85. The average Bonchev–Trinajstić information content (AvgIpc) is 2.47. The van der Waals surface area contributed by atoms with E-state index in [0.29, 0.717) is 13.1 Å². The Morgan fingerprint density at radius 1 is 1.44 bits per heavy atom. The van der Waals surface area contributed by atoms with E-state index in [2.05, 4.69) is 0 Å². The number of carboxylic acid groups (broad SMARTS) is 1. The van der Waals surface area contributed by atoms with Crippen molar-refractivity contribution >= 4 is 11.9 Å². The minimum absolute atomic E-state index is 0.0125. The molecule has 0 aromatic rings. The van der Waals surface area contributed by atoms with Gasteiger partial charge in [0.1, 0.15) is 0 Å². The minimum atomic E-state index is -0.865. The van der Waals surface area contributed by atoms with Gasteiger partial charge in [-0.3, -0.25) is 9.59 Å². The van der Waals surface area contributed by atoms with E-state index < -0.39 is 11.4 Å². The second-order valence-corrected chi connectivity index (χ2v) is 5.30. The molecule has 1 aliphatic heterocycles. The molecule has 0 saturated carbocycles. The number of nitrogens with zero attached hydrogens (tertiary/aromatic N) is 1. The molecule has 3 N–H and O–H groups in total. The summed E-state index contributed by atoms with van der Waals surface area (Å²) in [5.74, 6) is -0.852. The van der Waals surface area contributed by atoms with Crippen LogP contribution in [0, 0.1) is 5.41 Å². The quantitative estimate of drug-likeness (QED) is 0.731. The Morgan fingerprint density at radius 3 is 2.50 bits per heavy atom. The fraction of sp³-hybridized carbons (Fsp3) is 0.818. The summed E-state index contributed by atoms with van der Waals surface area (Å²) < 4.78 is 0. The zero-order valence-electron chi connectivity index (χ0n) is 9.90. The lowest BCUT2D eigenvalue weighted by Gasteiger charge is -2.25. The van der Waals surface area contributed by atoms with Crippen molar-refractivity contribution in [3.63, 3.8) is 0 Å². The SMILES string of the molecule is CC(C)(CC(=O)O)CC(=O)N1CCC(N)C1. The highest BCUT2D eigenvalue weighted by Crippen LogP contribution is 2.26. The highest BCUT2D eigenvalue weighted by molar-refractivity contribution is 5.78. The van der Waals surface area contributed by atoms with Crippen LogP contribution in [0.3, 0.4) is 0 Å². The molecule has 16 heavy (non-hydrogen) atoms. The Labute approximate surface area is 95.6 Å². The molecule has 1 heterocycles. The van der Waals surface area contributed by atoms with Gasteiger partial charge in [-0.2, -0.15) is 0 Å². The molecule has 5 heteroatoms. The van der Waals surface area contributed by atoms with E-state index in [9.17, 15) is 9.59 Å². The molecule has 1 saturated heterocycles. The average molecular weight is 228 g/mol. The van der Waals surface area contributed by atoms with E-state index in [1.54, 1.807) is 18.7 Å². The molecule has 0 aliphatic carbocycles. The van der Waals surface area contributed by atoms with Crippen LogP contribution >= 0.6 is 0 Å². The van der Waals surface area contributed by atoms with Crippen LogP contribution in [0.25, 0.3) is 0 Å². The largest absolute Gasteiger partial charge is 0.481 e. The van der Waals surface area contributed by atoms with E-state index in [1.165, 1.54) is 0 Å². The van der Waals surface area contributed by atoms with Gasteiger partial charge in [0.15, 0.2) is 0 Å². The number of carboxylic acids is 1. The van der Waals surface area contributed by atoms with Gasteiger partial charge in [0.05, 0.1) is 6.42 Å². The zero-order valence-corrected chi connectivity index (χ0v) is 9.90. The lowest BCUT2D eigenvalue weighted by Crippen LogP contribution is -2.35. The minimum Gasteiger partial charge on any atom is -0.481 e. The van der Waals surface area contributed by atoms with Crippen LogP contribution in [-0.4, -0.2) is 41.0 Å². The van der Waals surface area contributed by atoms with Crippen LogP contribution in [0.4, 0.5) is 0 Å². The topological polar surface area (TPSA) is 83.6 Å². The summed E-state index contributed by atoms with van der Waals surface area (Å²) in [7, 11) is 0. The number of rotatable bonds is 4. The monoisotopic (exact) mass is 228 g/mol. The molecular weight excluding hydrogens is 208 g/mol. The first kappa shape index (κ1) is 13.0. The molecule has 0 radical (unpaired) electrons. The van der Waals surface area contributed by atoms with Crippen molar-refractivity contribution in [1.29, 1.82) is 0 Å². The fourth-order valence-electron chi connectivity index (χ4n) is 2.01. The molecule has 1 rings (SSSR count). The van der Waals surface area contributed by atoms with Gasteiger partial charge >= 0.3 is 5.97 Å². The molecule has 0 bridgehead atoms. The second-order valence-electron chi connectivity index (χ2n) is 5.30. The third-order valence-corrected chi connectivity index (χ3v) is 2.84. The summed E-state index contributed by atoms with van der Waals surface area (Å²) in [4.78, 5) is 24.2. The van der Waals surface area contributed by atoms with Crippen molar-refractivity contribution in [2.45, 2.75) is 39.2 Å². The summed E-state index contributed by atoms with van der Waals surface area (Å²) in [6, 6.07) is 0.0755. The maximum atomic E-state index is 11.9. The highest BCUT2D eigenvalue weighted by Gasteiger charge is 2.30. The summed E-state index contributed by atoms with van der Waals surface area (Å²) in [5, 5.41) is 8.72. The van der Waals surface area contributed by atoms with E-state index in [-0.39, 0.29) is 24.8 Å². The third kappa shape index (κ3) is 3.81. The Balaban J connectivity index is 2.47. The number of nitrogens with two attached hydrogens (primary N) is 1. The Morgan fingerprint density at radius 2 is 2.06 bits per heavy atom. The number of hydrogen-bond acceptors (Lipinski definition) is 3. The fourth-order valence-corrected chi connectivity index (χ4v) is 2.01. The summed E-state index contributed by atoms with van der Waals surface area (Å²) in [6.45, 7) is 4.90. The van der Waals surface area contributed by atoms with Gasteiger partial charge in [0.2, 0.25) is 5.91 Å². The number of aliphatic carboxylic acids is 1. The first-order valence-electron chi connectivity index (χ1n) is 5.55. The van der Waals surface area contributed by atoms with Crippen molar-refractivity contribution < 1.29 is 14.7 Å². The van der Waals surface area contributed by atoms with Crippen molar-refractivity contribution in [3.05, 3.63) is 0 Å². The van der Waals surface area contributed by atoms with Crippen molar-refractivity contribution in [2.75, 3.05) is 13.1 Å². The maximum absolute atomic E-state index is 11.9. The van der Waals surface area contributed by atoms with Crippen LogP contribution in [0.1, 0.15) is 33.1 Å². The van der Waals surface area contributed by atoms with E-state index >= 15 is 0 Å². The van der Waals surface area contributed by atoms with Crippen molar-refractivity contribution in [2.24, 2.45) is 11.1 Å². The van der Waals surface area contributed by atoms with Crippen LogP contribution in [0.15, 0.2) is 0 Å². The van der Waals surface area contributed by atoms with Gasteiger partial charge in [-0.15, -0.1) is 0 Å². The Bertz CT molecular complexity index is 289. The molecule has 5 nitrogen and oxygen atoms in total. The molecule has 0 aromatic heterocycles. The lowest BCUT2D eigenvalue weighted by molar-refractivity contribution is -0.140. The molecule has 1 fully saturated rings. The molecule has 1 atom stereocenters. The van der Waals surface area contributed by atoms with Gasteiger partial charge in [-0.1, -0.05) is 13.8 Å². The van der Waals surface area contributed by atoms with E-state index in [1.807, 2.05) is 0 Å². The summed E-state index contributed by atoms with van der Waals surface area (Å²) >= 11 is 0. The van der Waals surface area contributed by atoms with Crippen molar-refractivity contribution in [1.82, 2.24) is 4.90 Å². The first-order valence-corrected chi connectivity index (χ1v) is 5.55. The van der Waals surface area contributed by atoms with E-state index in [0.717, 1.165) is 6.42 Å². The van der Waals surface area contributed by atoms with Crippen LogP contribution < -0.4 is 5.73 Å². The standard InChI is InChI=1S/C11H20N2O3/c1-11(2,6-10(15)16)5-9(14)13-4-3-8(12)7-13/h8H,3-7,12H2,1-2H3,(H,15,16). The van der Waals surface area contributed by atoms with E-state index in [4.69, 9.17) is 10.8 Å². The Hall–Kier alpha value is -1.10. The van der Waals surface area contributed by atoms with Gasteiger partial charge in [0.25, 0.3) is 0 Å². The molecule has 0 spiro atoms. The second kappa shape index (κ2) is 4.82. The maximum Gasteiger partial charge on any atom is 0.303 e. The highest BCUT2D eigenvalue weighted by atomic mass is 16.4. The van der Waals surface area contributed by atoms with Crippen LogP contribution in [-0.2, 0) is 9.59 Å². The van der Waals surface area contributed by atoms with Gasteiger partial charge in [-0.05, 0) is 11.8 Å². The van der Waals surface area contributed by atoms with Crippen LogP contribution in [0.5, 0.6) is 0 Å². The predicted octanol–water partition coefficient (Wildman–Crippen LogP) is 0.437. The number of carbonyl (C=O) groups excluding carboxylic acids is 1. The molecular formula is C11H20N2O3. The van der Waals surface area contributed by atoms with Crippen LogP contribution in [0.2, 0.25) is 0 Å². The molecule has 1 unspecified atom stereocenters. The number of carbonyl (C=O) groups is 2. The smallest absolute Gasteiger partial charge is 0.303 e. The number of hydrogen-bond donors (Lipinski definition) is 2. The summed E-state index contributed by atoms with van der Waals surface area (Å²) in [5.41, 5.74) is 5.23. The van der Waals surface area contributed by atoms with Gasteiger partial charge < -0.3 is 15.7 Å². The first-order chi connectivity index (χ1) is 7.30. The zero-order chi connectivity index (χ0) is 12.3. The predicted molar refractivity (Wildman–Crippen MR) is 59.8 cm³/mol. The molecule has 1 aliphatic rings. The summed E-state index contributed by atoms with van der Waals surface area (Å²) in [6.07, 6.45) is 1.12. The molecule has 92 valence electrons. The van der Waals surface area contributed by atoms with Crippen molar-refractivity contribution in [3.8, 4) is 0 Å². The molecule has 1 amide bonds. The molecule has 0 aromatic carbocycles. The van der Waals surface area contributed by atoms with Gasteiger partial charge in [0, 0.05) is 25.6 Å².